The van der Waals surface area contributed by atoms with E-state index in [9.17, 15) is 13.2 Å². The van der Waals surface area contributed by atoms with Crippen LogP contribution in [-0.2, 0) is 6.18 Å². The average molecular weight is 550 g/mol. The molecule has 4 aromatic rings. The van der Waals surface area contributed by atoms with Crippen LogP contribution in [0.25, 0.3) is 5.69 Å². The summed E-state index contributed by atoms with van der Waals surface area (Å²) in [4.78, 5) is 6.73. The Balaban J connectivity index is 1.50. The summed E-state index contributed by atoms with van der Waals surface area (Å²) in [5, 5.41) is 7.49. The van der Waals surface area contributed by atoms with Crippen molar-refractivity contribution < 1.29 is 13.2 Å². The van der Waals surface area contributed by atoms with Crippen molar-refractivity contribution in [2.45, 2.75) is 38.5 Å². The Kier molecular flexibility index (Phi) is 7.61. The second-order valence-corrected chi connectivity index (χ2v) is 10.0. The van der Waals surface area contributed by atoms with Gasteiger partial charge in [0.25, 0.3) is 0 Å². The van der Waals surface area contributed by atoms with Crippen molar-refractivity contribution in [1.29, 1.82) is 0 Å². The molecule has 0 spiro atoms. The van der Waals surface area contributed by atoms with Gasteiger partial charge < -0.3 is 20.1 Å². The molecule has 1 saturated heterocycles. The molecule has 1 aliphatic heterocycles. The highest BCUT2D eigenvalue weighted by atomic mass is 32.1. The summed E-state index contributed by atoms with van der Waals surface area (Å²) in [6, 6.07) is 22.9. The van der Waals surface area contributed by atoms with E-state index < -0.39 is 11.7 Å². The third-order valence-corrected chi connectivity index (χ3v) is 7.47. The molecule has 0 amide bonds. The van der Waals surface area contributed by atoms with E-state index >= 15 is 0 Å². The Morgan fingerprint density at radius 3 is 2.41 bits per heavy atom. The molecule has 39 heavy (non-hydrogen) atoms. The number of nitrogens with zero attached hydrogens (tertiary/aromatic N) is 3. The Bertz CT molecular complexity index is 1440. The standard InChI is InChI=1S/C30H30F3N5S/c1-20-19-23(21(2)38(20)26-15-7-6-13-24(26)30(31,32)33)28-27(25-14-8-9-16-35-25)36-29(39)37(28)18-10-17-34-22-11-4-3-5-12-22/h3-9,11-16,19,27-28,34H,10,17-18H2,1-2H3,(H,36,39)/t27-,28+/m1/s1. The molecule has 202 valence electrons. The highest BCUT2D eigenvalue weighted by Crippen LogP contribution is 2.42. The first-order chi connectivity index (χ1) is 18.8. The van der Waals surface area contributed by atoms with E-state index in [0.29, 0.717) is 11.7 Å². The molecule has 5 rings (SSSR count). The minimum atomic E-state index is -4.47. The number of nitrogens with one attached hydrogen (secondary N) is 2. The number of aryl methyl sites for hydroxylation is 1. The summed E-state index contributed by atoms with van der Waals surface area (Å²) >= 11 is 5.79. The number of pyridine rings is 1. The second-order valence-electron chi connectivity index (χ2n) is 9.64. The Labute approximate surface area is 231 Å². The number of para-hydroxylation sites is 2. The molecular weight excluding hydrogens is 519 g/mol. The van der Waals surface area contributed by atoms with Gasteiger partial charge in [0, 0.05) is 36.4 Å². The molecule has 0 bridgehead atoms. The van der Waals surface area contributed by atoms with Gasteiger partial charge in [0.2, 0.25) is 0 Å². The number of alkyl halides is 3. The number of hydrogen-bond acceptors (Lipinski definition) is 3. The van der Waals surface area contributed by atoms with Crippen LogP contribution in [-0.4, -0.2) is 32.7 Å². The molecule has 0 saturated carbocycles. The first-order valence-corrected chi connectivity index (χ1v) is 13.3. The number of halogens is 3. The topological polar surface area (TPSA) is 45.1 Å². The van der Waals surface area contributed by atoms with Crippen LogP contribution in [0.4, 0.5) is 18.9 Å². The SMILES string of the molecule is Cc1cc([C@H]2[C@@H](c3ccccn3)NC(=S)N2CCCNc2ccccc2)c(C)n1-c1ccccc1C(F)(F)F. The monoisotopic (exact) mass is 549 g/mol. The van der Waals surface area contributed by atoms with Gasteiger partial charge in [-0.15, -0.1) is 0 Å². The van der Waals surface area contributed by atoms with Crippen molar-refractivity contribution in [2.24, 2.45) is 0 Å². The molecular formula is C30H30F3N5S. The second kappa shape index (κ2) is 11.1. The lowest BCUT2D eigenvalue weighted by molar-refractivity contribution is -0.137. The van der Waals surface area contributed by atoms with Gasteiger partial charge in [-0.05, 0) is 80.5 Å². The third-order valence-electron chi connectivity index (χ3n) is 7.12. The third kappa shape index (κ3) is 5.49. The lowest BCUT2D eigenvalue weighted by atomic mass is 9.96. The molecule has 2 N–H and O–H groups in total. The van der Waals surface area contributed by atoms with Crippen LogP contribution in [0.2, 0.25) is 0 Å². The maximum absolute atomic E-state index is 13.9. The quantitative estimate of drug-likeness (QED) is 0.183. The highest BCUT2D eigenvalue weighted by Gasteiger charge is 2.41. The fraction of sp³-hybridized carbons (Fsp3) is 0.267. The molecule has 2 atom stereocenters. The van der Waals surface area contributed by atoms with Crippen molar-refractivity contribution in [3.05, 3.63) is 113 Å². The van der Waals surface area contributed by atoms with Gasteiger partial charge >= 0.3 is 6.18 Å². The zero-order valence-corrected chi connectivity index (χ0v) is 22.6. The molecule has 2 aromatic carbocycles. The van der Waals surface area contributed by atoms with Crippen molar-refractivity contribution in [3.63, 3.8) is 0 Å². The van der Waals surface area contributed by atoms with Gasteiger partial charge in [-0.25, -0.2) is 0 Å². The summed E-state index contributed by atoms with van der Waals surface area (Å²) in [7, 11) is 0. The molecule has 1 aliphatic rings. The lowest BCUT2D eigenvalue weighted by Crippen LogP contribution is -2.31. The van der Waals surface area contributed by atoms with E-state index in [1.165, 1.54) is 12.1 Å². The molecule has 1 fully saturated rings. The van der Waals surface area contributed by atoms with Crippen LogP contribution < -0.4 is 10.6 Å². The first-order valence-electron chi connectivity index (χ1n) is 12.9. The molecule has 3 heterocycles. The van der Waals surface area contributed by atoms with Crippen molar-refractivity contribution in [2.75, 3.05) is 18.4 Å². The molecule has 0 unspecified atom stereocenters. The van der Waals surface area contributed by atoms with Crippen molar-refractivity contribution in [3.8, 4) is 5.69 Å². The van der Waals surface area contributed by atoms with Crippen LogP contribution in [0.15, 0.2) is 85.1 Å². The molecule has 2 aromatic heterocycles. The molecule has 5 nitrogen and oxygen atoms in total. The number of thiocarbonyl (C=S) groups is 1. The Morgan fingerprint density at radius 2 is 1.69 bits per heavy atom. The number of benzene rings is 2. The molecule has 0 aliphatic carbocycles. The van der Waals surface area contributed by atoms with Gasteiger partial charge in [-0.1, -0.05) is 36.4 Å². The maximum Gasteiger partial charge on any atom is 0.418 e. The zero-order chi connectivity index (χ0) is 27.6. The summed E-state index contributed by atoms with van der Waals surface area (Å²) in [5.74, 6) is 0. The smallest absolute Gasteiger partial charge is 0.385 e. The predicted molar refractivity (Wildman–Crippen MR) is 152 cm³/mol. The van der Waals surface area contributed by atoms with Gasteiger partial charge in [-0.3, -0.25) is 4.98 Å². The number of hydrogen-bond donors (Lipinski definition) is 2. The number of rotatable bonds is 8. The lowest BCUT2D eigenvalue weighted by Gasteiger charge is -2.28. The normalized spacial score (nSPS) is 17.4. The minimum Gasteiger partial charge on any atom is -0.385 e. The van der Waals surface area contributed by atoms with E-state index in [-0.39, 0.29) is 17.8 Å². The fourth-order valence-corrected chi connectivity index (χ4v) is 5.72. The fourth-order valence-electron chi connectivity index (χ4n) is 5.39. The van der Waals surface area contributed by atoms with Crippen LogP contribution >= 0.6 is 12.2 Å². The predicted octanol–water partition coefficient (Wildman–Crippen LogP) is 6.98. The van der Waals surface area contributed by atoms with Crippen LogP contribution in [0, 0.1) is 13.8 Å². The van der Waals surface area contributed by atoms with Crippen LogP contribution in [0.5, 0.6) is 0 Å². The Hall–Kier alpha value is -3.85. The maximum atomic E-state index is 13.9. The van der Waals surface area contributed by atoms with E-state index in [2.05, 4.69) is 20.5 Å². The minimum absolute atomic E-state index is 0.118. The highest BCUT2D eigenvalue weighted by molar-refractivity contribution is 7.80. The van der Waals surface area contributed by atoms with Crippen molar-refractivity contribution >= 4 is 23.0 Å². The molecule has 9 heteroatoms. The van der Waals surface area contributed by atoms with Crippen LogP contribution in [0.1, 0.15) is 46.7 Å². The average Bonchev–Trinajstić information content (AvgIpc) is 3.41. The Morgan fingerprint density at radius 1 is 0.974 bits per heavy atom. The summed E-state index contributed by atoms with van der Waals surface area (Å²) in [5.41, 5.74) is 3.72. The van der Waals surface area contributed by atoms with E-state index in [4.69, 9.17) is 12.2 Å². The summed E-state index contributed by atoms with van der Waals surface area (Å²) in [6.07, 6.45) is -1.91. The van der Waals surface area contributed by atoms with E-state index in [1.807, 2.05) is 68.4 Å². The van der Waals surface area contributed by atoms with E-state index in [1.54, 1.807) is 16.8 Å². The number of aromatic nitrogens is 2. The van der Waals surface area contributed by atoms with Gasteiger partial charge in [0.1, 0.15) is 0 Å². The summed E-state index contributed by atoms with van der Waals surface area (Å²) < 4.78 is 43.5. The number of anilines is 1. The van der Waals surface area contributed by atoms with Gasteiger partial charge in [0.15, 0.2) is 5.11 Å². The van der Waals surface area contributed by atoms with Crippen molar-refractivity contribution in [1.82, 2.24) is 19.8 Å². The van der Waals surface area contributed by atoms with E-state index in [0.717, 1.165) is 47.4 Å². The first kappa shape index (κ1) is 26.7. The van der Waals surface area contributed by atoms with Gasteiger partial charge in [-0.2, -0.15) is 13.2 Å². The molecule has 0 radical (unpaired) electrons. The summed E-state index contributed by atoms with van der Waals surface area (Å²) in [6.45, 7) is 5.14. The largest absolute Gasteiger partial charge is 0.418 e. The van der Waals surface area contributed by atoms with Crippen LogP contribution in [0.3, 0.4) is 0 Å². The zero-order valence-electron chi connectivity index (χ0n) is 21.7. The van der Waals surface area contributed by atoms with Gasteiger partial charge in [0.05, 0.1) is 29.0 Å².